The number of aliphatic hydroxyl groups is 1. The number of nitriles is 1. The Morgan fingerprint density at radius 1 is 1.43 bits per heavy atom. The van der Waals surface area contributed by atoms with Crippen molar-refractivity contribution in [3.8, 4) is 6.07 Å². The fourth-order valence-corrected chi connectivity index (χ4v) is 3.71. The second-order valence-electron chi connectivity index (χ2n) is 7.38. The van der Waals surface area contributed by atoms with Crippen LogP contribution in [-0.4, -0.2) is 28.1 Å². The summed E-state index contributed by atoms with van der Waals surface area (Å²) in [6.07, 6.45) is 9.46. The molecule has 2 rings (SSSR count). The molecule has 0 radical (unpaired) electrons. The number of aryl methyl sites for hydroxylation is 1. The normalized spacial score (nSPS) is 15.8. The monoisotopic (exact) mass is 381 g/mol. The number of rotatable bonds is 8. The molecule has 1 saturated carbocycles. The molecule has 5 nitrogen and oxygen atoms in total. The number of hydrogen-bond acceptors (Lipinski definition) is 4. The smallest absolute Gasteiger partial charge is 0.224 e. The van der Waals surface area contributed by atoms with Crippen LogP contribution < -0.4 is 5.32 Å². The third-order valence-electron chi connectivity index (χ3n) is 5.30. The molecule has 0 heterocycles. The molecular formula is C23H31N3O2. The van der Waals surface area contributed by atoms with Gasteiger partial charge in [-0.2, -0.15) is 5.26 Å². The van der Waals surface area contributed by atoms with Gasteiger partial charge in [0.25, 0.3) is 0 Å². The lowest BCUT2D eigenvalue weighted by Gasteiger charge is -2.36. The molecule has 0 aliphatic heterocycles. The predicted octanol–water partition coefficient (Wildman–Crippen LogP) is 4.63. The Morgan fingerprint density at radius 2 is 2.14 bits per heavy atom. The highest BCUT2D eigenvalue weighted by Gasteiger charge is 2.24. The molecule has 1 aromatic carbocycles. The van der Waals surface area contributed by atoms with Gasteiger partial charge in [0.2, 0.25) is 5.91 Å². The zero-order valence-corrected chi connectivity index (χ0v) is 16.9. The van der Waals surface area contributed by atoms with E-state index in [9.17, 15) is 15.2 Å². The molecule has 28 heavy (non-hydrogen) atoms. The van der Waals surface area contributed by atoms with Crippen molar-refractivity contribution >= 4 is 11.6 Å². The van der Waals surface area contributed by atoms with Gasteiger partial charge >= 0.3 is 0 Å². The van der Waals surface area contributed by atoms with E-state index in [1.54, 1.807) is 12.1 Å². The maximum Gasteiger partial charge on any atom is 0.224 e. The van der Waals surface area contributed by atoms with Gasteiger partial charge in [0.05, 0.1) is 17.4 Å². The largest absolute Gasteiger partial charge is 0.387 e. The molecule has 0 bridgehead atoms. The second-order valence-corrected chi connectivity index (χ2v) is 7.38. The molecular weight excluding hydrogens is 350 g/mol. The van der Waals surface area contributed by atoms with Crippen molar-refractivity contribution in [1.29, 1.82) is 5.26 Å². The Labute approximate surface area is 168 Å². The molecule has 1 aliphatic carbocycles. The number of aliphatic hydroxyl groups excluding tert-OH is 1. The SMILES string of the molecule is C=C(C(O)CCC(=O)Nc1c(C)cccc1C#N)N(/C=C\C)C1CCCCC1. The molecule has 1 unspecified atom stereocenters. The van der Waals surface area contributed by atoms with E-state index in [0.717, 1.165) is 18.4 Å². The van der Waals surface area contributed by atoms with E-state index < -0.39 is 6.10 Å². The summed E-state index contributed by atoms with van der Waals surface area (Å²) in [7, 11) is 0. The summed E-state index contributed by atoms with van der Waals surface area (Å²) in [4.78, 5) is 14.4. The van der Waals surface area contributed by atoms with Gasteiger partial charge in [-0.25, -0.2) is 0 Å². The number of anilines is 1. The van der Waals surface area contributed by atoms with Crippen molar-refractivity contribution in [3.05, 3.63) is 53.9 Å². The van der Waals surface area contributed by atoms with Crippen molar-refractivity contribution in [2.75, 3.05) is 5.32 Å². The summed E-state index contributed by atoms with van der Waals surface area (Å²) in [5, 5.41) is 22.6. The quantitative estimate of drug-likeness (QED) is 0.688. The highest BCUT2D eigenvalue weighted by Crippen LogP contribution is 2.27. The average Bonchev–Trinajstić information content (AvgIpc) is 2.71. The van der Waals surface area contributed by atoms with Crippen molar-refractivity contribution < 1.29 is 9.90 Å². The summed E-state index contributed by atoms with van der Waals surface area (Å²) < 4.78 is 0. The number of allylic oxidation sites excluding steroid dienone is 1. The molecule has 0 aromatic heterocycles. The van der Waals surface area contributed by atoms with E-state index in [4.69, 9.17) is 0 Å². The molecule has 1 aliphatic rings. The molecule has 1 amide bonds. The molecule has 1 aromatic rings. The number of amides is 1. The second kappa shape index (κ2) is 10.7. The Kier molecular flexibility index (Phi) is 8.28. The lowest BCUT2D eigenvalue weighted by Crippen LogP contribution is -2.36. The minimum Gasteiger partial charge on any atom is -0.387 e. The first-order chi connectivity index (χ1) is 13.5. The summed E-state index contributed by atoms with van der Waals surface area (Å²) in [6, 6.07) is 7.79. The van der Waals surface area contributed by atoms with Crippen LogP contribution in [0.4, 0.5) is 5.69 Å². The van der Waals surface area contributed by atoms with Crippen LogP contribution in [0.25, 0.3) is 0 Å². The minimum absolute atomic E-state index is 0.160. The fourth-order valence-electron chi connectivity index (χ4n) is 3.71. The molecule has 5 heteroatoms. The van der Waals surface area contributed by atoms with E-state index in [1.165, 1.54) is 19.3 Å². The van der Waals surface area contributed by atoms with Crippen LogP contribution in [0.15, 0.2) is 42.8 Å². The van der Waals surface area contributed by atoms with Gasteiger partial charge in [-0.05, 0) is 50.9 Å². The zero-order valence-electron chi connectivity index (χ0n) is 16.9. The summed E-state index contributed by atoms with van der Waals surface area (Å²) in [5.41, 5.74) is 2.47. The predicted molar refractivity (Wildman–Crippen MR) is 112 cm³/mol. The van der Waals surface area contributed by atoms with Crippen LogP contribution in [0.3, 0.4) is 0 Å². The number of para-hydroxylation sites is 1. The number of carbonyl (C=O) groups is 1. The first-order valence-electron chi connectivity index (χ1n) is 10.1. The Hall–Kier alpha value is -2.58. The molecule has 1 fully saturated rings. The highest BCUT2D eigenvalue weighted by molar-refractivity contribution is 5.93. The summed E-state index contributed by atoms with van der Waals surface area (Å²) in [6.45, 7) is 7.91. The topological polar surface area (TPSA) is 76.4 Å². The number of carbonyl (C=O) groups excluding carboxylic acids is 1. The minimum atomic E-state index is -0.781. The van der Waals surface area contributed by atoms with Gasteiger partial charge in [0, 0.05) is 18.2 Å². The summed E-state index contributed by atoms with van der Waals surface area (Å²) in [5.74, 6) is -0.215. The maximum atomic E-state index is 12.4. The van der Waals surface area contributed by atoms with Crippen LogP contribution in [0.2, 0.25) is 0 Å². The van der Waals surface area contributed by atoms with Crippen molar-refractivity contribution in [2.45, 2.75) is 70.9 Å². The van der Waals surface area contributed by atoms with E-state index in [2.05, 4.69) is 22.9 Å². The first kappa shape index (κ1) is 21.7. The lowest BCUT2D eigenvalue weighted by atomic mass is 9.93. The van der Waals surface area contributed by atoms with Crippen LogP contribution in [0, 0.1) is 18.3 Å². The molecule has 2 N–H and O–H groups in total. The van der Waals surface area contributed by atoms with Crippen LogP contribution in [0.1, 0.15) is 63.0 Å². The third kappa shape index (κ3) is 5.71. The van der Waals surface area contributed by atoms with Crippen LogP contribution >= 0.6 is 0 Å². The molecule has 0 spiro atoms. The van der Waals surface area contributed by atoms with E-state index in [0.29, 0.717) is 29.4 Å². The zero-order chi connectivity index (χ0) is 20.5. The fraction of sp³-hybridized carbons (Fsp3) is 0.478. The molecule has 0 saturated heterocycles. The summed E-state index contributed by atoms with van der Waals surface area (Å²) >= 11 is 0. The van der Waals surface area contributed by atoms with Crippen molar-refractivity contribution in [2.24, 2.45) is 0 Å². The van der Waals surface area contributed by atoms with Gasteiger partial charge < -0.3 is 15.3 Å². The van der Waals surface area contributed by atoms with Crippen molar-refractivity contribution in [1.82, 2.24) is 4.90 Å². The Morgan fingerprint density at radius 3 is 2.79 bits per heavy atom. The van der Waals surface area contributed by atoms with Crippen LogP contribution in [0.5, 0.6) is 0 Å². The van der Waals surface area contributed by atoms with E-state index in [-0.39, 0.29) is 12.3 Å². The maximum absolute atomic E-state index is 12.4. The number of hydrogen-bond donors (Lipinski definition) is 2. The van der Waals surface area contributed by atoms with Gasteiger partial charge in [-0.15, -0.1) is 0 Å². The first-order valence-corrected chi connectivity index (χ1v) is 10.1. The average molecular weight is 382 g/mol. The number of nitrogens with one attached hydrogen (secondary N) is 1. The number of nitrogens with zero attached hydrogens (tertiary/aromatic N) is 2. The van der Waals surface area contributed by atoms with Crippen LogP contribution in [-0.2, 0) is 4.79 Å². The Balaban J connectivity index is 1.94. The van der Waals surface area contributed by atoms with Crippen molar-refractivity contribution in [3.63, 3.8) is 0 Å². The highest BCUT2D eigenvalue weighted by atomic mass is 16.3. The van der Waals surface area contributed by atoms with Gasteiger partial charge in [0.1, 0.15) is 6.07 Å². The number of benzene rings is 1. The third-order valence-corrected chi connectivity index (χ3v) is 5.30. The Bertz CT molecular complexity index is 758. The molecule has 150 valence electrons. The van der Waals surface area contributed by atoms with Gasteiger partial charge in [-0.3, -0.25) is 4.79 Å². The van der Waals surface area contributed by atoms with Gasteiger partial charge in [-0.1, -0.05) is 44.1 Å². The van der Waals surface area contributed by atoms with Gasteiger partial charge in [0.15, 0.2) is 0 Å². The van der Waals surface area contributed by atoms with E-state index >= 15 is 0 Å². The standard InChI is InChI=1S/C23H31N3O2/c1-4-15-26(20-11-6-5-7-12-20)18(3)21(27)13-14-22(28)25-23-17(2)9-8-10-19(23)16-24/h4,8-10,15,20-21,27H,3,5-7,11-14H2,1-2H3,(H,25,28)/b15-4-. The van der Waals surface area contributed by atoms with E-state index in [1.807, 2.05) is 32.2 Å². The lowest BCUT2D eigenvalue weighted by molar-refractivity contribution is -0.116. The molecule has 1 atom stereocenters.